The number of hydrogen-bond acceptors (Lipinski definition) is 3. The molecule has 3 rings (SSSR count). The SMILES string of the molecule is O=C1OCCN1c1ccc(Oc2ccccc2)cc1. The molecule has 1 heterocycles. The molecule has 4 heteroatoms. The number of amides is 1. The van der Waals surface area contributed by atoms with Crippen LogP contribution in [0.2, 0.25) is 0 Å². The van der Waals surface area contributed by atoms with E-state index in [4.69, 9.17) is 9.47 Å². The summed E-state index contributed by atoms with van der Waals surface area (Å²) in [7, 11) is 0. The summed E-state index contributed by atoms with van der Waals surface area (Å²) in [5, 5.41) is 0. The molecule has 1 amide bonds. The fraction of sp³-hybridized carbons (Fsp3) is 0.133. The Morgan fingerprint density at radius 3 is 2.26 bits per heavy atom. The molecule has 0 bridgehead atoms. The van der Waals surface area contributed by atoms with Gasteiger partial charge in [0.2, 0.25) is 0 Å². The number of benzene rings is 2. The van der Waals surface area contributed by atoms with Gasteiger partial charge in [0.25, 0.3) is 0 Å². The van der Waals surface area contributed by atoms with E-state index in [1.54, 1.807) is 4.90 Å². The lowest BCUT2D eigenvalue weighted by atomic mass is 10.3. The van der Waals surface area contributed by atoms with Gasteiger partial charge in [-0.1, -0.05) is 18.2 Å². The third-order valence-electron chi connectivity index (χ3n) is 2.89. The van der Waals surface area contributed by atoms with Crippen molar-refractivity contribution in [1.29, 1.82) is 0 Å². The number of anilines is 1. The molecule has 4 nitrogen and oxygen atoms in total. The van der Waals surface area contributed by atoms with E-state index in [1.165, 1.54) is 0 Å². The van der Waals surface area contributed by atoms with Crippen molar-refractivity contribution in [2.75, 3.05) is 18.1 Å². The van der Waals surface area contributed by atoms with Gasteiger partial charge in [0.1, 0.15) is 18.1 Å². The van der Waals surface area contributed by atoms with E-state index in [0.29, 0.717) is 13.2 Å². The van der Waals surface area contributed by atoms with E-state index in [2.05, 4.69) is 0 Å². The van der Waals surface area contributed by atoms with Crippen molar-refractivity contribution in [3.05, 3.63) is 54.6 Å². The second-order valence-electron chi connectivity index (χ2n) is 4.18. The van der Waals surface area contributed by atoms with Crippen LogP contribution in [0.4, 0.5) is 10.5 Å². The van der Waals surface area contributed by atoms with Crippen LogP contribution in [0, 0.1) is 0 Å². The van der Waals surface area contributed by atoms with Crippen LogP contribution in [-0.4, -0.2) is 19.2 Å². The Labute approximate surface area is 111 Å². The van der Waals surface area contributed by atoms with Crippen molar-refractivity contribution in [2.45, 2.75) is 0 Å². The molecular formula is C15H13NO3. The lowest BCUT2D eigenvalue weighted by molar-refractivity contribution is 0.181. The fourth-order valence-electron chi connectivity index (χ4n) is 1.95. The van der Waals surface area contributed by atoms with Gasteiger partial charge >= 0.3 is 6.09 Å². The van der Waals surface area contributed by atoms with Gasteiger partial charge in [0.15, 0.2) is 0 Å². The van der Waals surface area contributed by atoms with Crippen molar-refractivity contribution < 1.29 is 14.3 Å². The van der Waals surface area contributed by atoms with Gasteiger partial charge in [-0.05, 0) is 36.4 Å². The number of nitrogens with zero attached hydrogens (tertiary/aromatic N) is 1. The van der Waals surface area contributed by atoms with Crippen molar-refractivity contribution in [2.24, 2.45) is 0 Å². The molecule has 0 aliphatic carbocycles. The Hall–Kier alpha value is -2.49. The highest BCUT2D eigenvalue weighted by Gasteiger charge is 2.23. The van der Waals surface area contributed by atoms with Gasteiger partial charge < -0.3 is 9.47 Å². The molecule has 0 radical (unpaired) electrons. The largest absolute Gasteiger partial charge is 0.457 e. The summed E-state index contributed by atoms with van der Waals surface area (Å²) in [6.45, 7) is 1.04. The molecule has 1 aliphatic rings. The van der Waals surface area contributed by atoms with Gasteiger partial charge in [0.05, 0.1) is 6.54 Å². The lowest BCUT2D eigenvalue weighted by Crippen LogP contribution is -2.22. The van der Waals surface area contributed by atoms with Crippen LogP contribution in [-0.2, 0) is 4.74 Å². The molecule has 0 N–H and O–H groups in total. The first-order valence-corrected chi connectivity index (χ1v) is 6.10. The van der Waals surface area contributed by atoms with E-state index < -0.39 is 0 Å². The standard InChI is InChI=1S/C15H13NO3/c17-15-16(10-11-18-15)12-6-8-14(9-7-12)19-13-4-2-1-3-5-13/h1-9H,10-11H2. The van der Waals surface area contributed by atoms with Gasteiger partial charge in [0, 0.05) is 5.69 Å². The second kappa shape index (κ2) is 5.02. The molecule has 19 heavy (non-hydrogen) atoms. The van der Waals surface area contributed by atoms with Gasteiger partial charge in [-0.3, -0.25) is 4.90 Å². The molecule has 0 atom stereocenters. The highest BCUT2D eigenvalue weighted by molar-refractivity contribution is 5.89. The summed E-state index contributed by atoms with van der Waals surface area (Å²) >= 11 is 0. The number of cyclic esters (lactones) is 1. The Bertz CT molecular complexity index is 566. The zero-order valence-corrected chi connectivity index (χ0v) is 10.3. The molecule has 0 unspecified atom stereocenters. The van der Waals surface area contributed by atoms with Crippen LogP contribution >= 0.6 is 0 Å². The molecular weight excluding hydrogens is 242 g/mol. The highest BCUT2D eigenvalue weighted by atomic mass is 16.6. The minimum absolute atomic E-state index is 0.295. The van der Waals surface area contributed by atoms with Crippen molar-refractivity contribution >= 4 is 11.8 Å². The number of hydrogen-bond donors (Lipinski definition) is 0. The van der Waals surface area contributed by atoms with Crippen LogP contribution < -0.4 is 9.64 Å². The number of ether oxygens (including phenoxy) is 2. The molecule has 1 aliphatic heterocycles. The highest BCUT2D eigenvalue weighted by Crippen LogP contribution is 2.25. The number of para-hydroxylation sites is 1. The summed E-state index contributed by atoms with van der Waals surface area (Å²) in [6.07, 6.45) is -0.295. The van der Waals surface area contributed by atoms with Crippen LogP contribution in [0.1, 0.15) is 0 Å². The van der Waals surface area contributed by atoms with Gasteiger partial charge in [-0.2, -0.15) is 0 Å². The molecule has 2 aromatic carbocycles. The summed E-state index contributed by atoms with van der Waals surface area (Å²) in [5.41, 5.74) is 0.822. The van der Waals surface area contributed by atoms with E-state index in [9.17, 15) is 4.79 Å². The molecule has 96 valence electrons. The summed E-state index contributed by atoms with van der Waals surface area (Å²) < 4.78 is 10.6. The van der Waals surface area contributed by atoms with Crippen molar-refractivity contribution in [3.63, 3.8) is 0 Å². The minimum Gasteiger partial charge on any atom is -0.457 e. The zero-order valence-electron chi connectivity index (χ0n) is 10.3. The maximum atomic E-state index is 11.4. The van der Waals surface area contributed by atoms with E-state index >= 15 is 0 Å². The van der Waals surface area contributed by atoms with Crippen LogP contribution in [0.3, 0.4) is 0 Å². The Morgan fingerprint density at radius 1 is 0.947 bits per heavy atom. The first-order chi connectivity index (χ1) is 9.33. The van der Waals surface area contributed by atoms with Crippen molar-refractivity contribution in [1.82, 2.24) is 0 Å². The Morgan fingerprint density at radius 2 is 1.63 bits per heavy atom. The van der Waals surface area contributed by atoms with Crippen LogP contribution in [0.25, 0.3) is 0 Å². The Balaban J connectivity index is 1.74. The quantitative estimate of drug-likeness (QED) is 0.843. The maximum Gasteiger partial charge on any atom is 0.414 e. The zero-order chi connectivity index (χ0) is 13.1. The topological polar surface area (TPSA) is 38.8 Å². The number of carbonyl (C=O) groups excluding carboxylic acids is 1. The number of carbonyl (C=O) groups is 1. The third-order valence-corrected chi connectivity index (χ3v) is 2.89. The van der Waals surface area contributed by atoms with Crippen LogP contribution in [0.5, 0.6) is 11.5 Å². The molecule has 1 fully saturated rings. The normalized spacial score (nSPS) is 14.3. The molecule has 0 saturated carbocycles. The lowest BCUT2D eigenvalue weighted by Gasteiger charge is -2.13. The molecule has 2 aromatic rings. The first kappa shape index (κ1) is 11.6. The smallest absolute Gasteiger partial charge is 0.414 e. The summed E-state index contributed by atoms with van der Waals surface area (Å²) in [4.78, 5) is 13.0. The molecule has 0 spiro atoms. The maximum absolute atomic E-state index is 11.4. The van der Waals surface area contributed by atoms with E-state index in [-0.39, 0.29) is 6.09 Å². The second-order valence-corrected chi connectivity index (χ2v) is 4.18. The van der Waals surface area contributed by atoms with E-state index in [0.717, 1.165) is 17.2 Å². The monoisotopic (exact) mass is 255 g/mol. The van der Waals surface area contributed by atoms with Crippen molar-refractivity contribution in [3.8, 4) is 11.5 Å². The minimum atomic E-state index is -0.295. The fourth-order valence-corrected chi connectivity index (χ4v) is 1.95. The number of rotatable bonds is 3. The first-order valence-electron chi connectivity index (χ1n) is 6.10. The van der Waals surface area contributed by atoms with Crippen LogP contribution in [0.15, 0.2) is 54.6 Å². The third kappa shape index (κ3) is 2.52. The van der Waals surface area contributed by atoms with Gasteiger partial charge in [-0.25, -0.2) is 4.79 Å². The molecule has 1 saturated heterocycles. The Kier molecular flexibility index (Phi) is 3.06. The molecule has 0 aromatic heterocycles. The predicted octanol–water partition coefficient (Wildman–Crippen LogP) is 3.44. The summed E-state index contributed by atoms with van der Waals surface area (Å²) in [6, 6.07) is 17.0. The van der Waals surface area contributed by atoms with Gasteiger partial charge in [-0.15, -0.1) is 0 Å². The predicted molar refractivity (Wildman–Crippen MR) is 71.7 cm³/mol. The average molecular weight is 255 g/mol. The average Bonchev–Trinajstić information content (AvgIpc) is 2.87. The van der Waals surface area contributed by atoms with E-state index in [1.807, 2.05) is 54.6 Å². The summed E-state index contributed by atoms with van der Waals surface area (Å²) in [5.74, 6) is 1.53.